The zero-order chi connectivity index (χ0) is 18.8. The van der Waals surface area contributed by atoms with Crippen molar-refractivity contribution in [2.24, 2.45) is 0 Å². The summed E-state index contributed by atoms with van der Waals surface area (Å²) < 4.78 is 10.0. The topological polar surface area (TPSA) is 76.7 Å². The average Bonchev–Trinajstić information content (AvgIpc) is 2.67. The van der Waals surface area contributed by atoms with Crippen LogP contribution in [0.25, 0.3) is 0 Å². The number of amides is 2. The fourth-order valence-electron chi connectivity index (χ4n) is 2.16. The largest absolute Gasteiger partial charge is 0.497 e. The highest BCUT2D eigenvalue weighted by atomic mass is 32.2. The maximum atomic E-state index is 12.2. The smallest absolute Gasteiger partial charge is 0.253 e. The van der Waals surface area contributed by atoms with Gasteiger partial charge in [0.1, 0.15) is 5.75 Å². The van der Waals surface area contributed by atoms with Gasteiger partial charge in [0.2, 0.25) is 5.91 Å². The Morgan fingerprint density at radius 1 is 1.04 bits per heavy atom. The third-order valence-electron chi connectivity index (χ3n) is 3.47. The van der Waals surface area contributed by atoms with Gasteiger partial charge in [-0.1, -0.05) is 12.1 Å². The fraction of sp³-hybridized carbons (Fsp3) is 0.263. The summed E-state index contributed by atoms with van der Waals surface area (Å²) in [4.78, 5) is 25.4. The molecule has 0 saturated heterocycles. The van der Waals surface area contributed by atoms with Crippen LogP contribution in [0.3, 0.4) is 0 Å². The van der Waals surface area contributed by atoms with E-state index in [0.29, 0.717) is 24.4 Å². The van der Waals surface area contributed by atoms with Crippen LogP contribution >= 0.6 is 11.8 Å². The van der Waals surface area contributed by atoms with Crippen LogP contribution < -0.4 is 15.4 Å². The van der Waals surface area contributed by atoms with Gasteiger partial charge in [-0.05, 0) is 36.4 Å². The first-order valence-corrected chi connectivity index (χ1v) is 9.05. The first kappa shape index (κ1) is 19.8. The van der Waals surface area contributed by atoms with Gasteiger partial charge in [-0.25, -0.2) is 0 Å². The number of ether oxygens (including phenoxy) is 2. The summed E-state index contributed by atoms with van der Waals surface area (Å²) in [7, 11) is 3.18. The molecule has 2 amide bonds. The quantitative estimate of drug-likeness (QED) is 0.521. The predicted molar refractivity (Wildman–Crippen MR) is 103 cm³/mol. The summed E-state index contributed by atoms with van der Waals surface area (Å²) in [5, 5.41) is 5.55. The number of anilines is 1. The lowest BCUT2D eigenvalue weighted by molar-refractivity contribution is -0.113. The van der Waals surface area contributed by atoms with Crippen molar-refractivity contribution in [3.05, 3.63) is 54.1 Å². The Hall–Kier alpha value is -2.51. The van der Waals surface area contributed by atoms with Crippen LogP contribution in [-0.2, 0) is 9.53 Å². The Morgan fingerprint density at radius 3 is 2.46 bits per heavy atom. The maximum Gasteiger partial charge on any atom is 0.253 e. The van der Waals surface area contributed by atoms with Gasteiger partial charge in [-0.2, -0.15) is 0 Å². The highest BCUT2D eigenvalue weighted by Crippen LogP contribution is 2.22. The van der Waals surface area contributed by atoms with Crippen LogP contribution in [0.1, 0.15) is 10.4 Å². The second kappa shape index (κ2) is 10.5. The van der Waals surface area contributed by atoms with Crippen LogP contribution in [0.4, 0.5) is 5.69 Å². The van der Waals surface area contributed by atoms with Gasteiger partial charge in [-0.15, -0.1) is 11.8 Å². The van der Waals surface area contributed by atoms with Crippen molar-refractivity contribution in [3.8, 4) is 5.75 Å². The van der Waals surface area contributed by atoms with Crippen molar-refractivity contribution < 1.29 is 19.1 Å². The van der Waals surface area contributed by atoms with Crippen molar-refractivity contribution in [1.29, 1.82) is 0 Å². The van der Waals surface area contributed by atoms with E-state index < -0.39 is 0 Å². The Labute approximate surface area is 157 Å². The molecular weight excluding hydrogens is 352 g/mol. The third kappa shape index (κ3) is 6.09. The summed E-state index contributed by atoms with van der Waals surface area (Å²) in [6.45, 7) is 0.837. The molecule has 138 valence electrons. The molecule has 0 aliphatic rings. The van der Waals surface area contributed by atoms with Gasteiger partial charge in [0.05, 0.1) is 30.7 Å². The molecule has 0 aliphatic heterocycles. The van der Waals surface area contributed by atoms with Crippen LogP contribution in [0, 0.1) is 0 Å². The minimum absolute atomic E-state index is 0.178. The second-order valence-corrected chi connectivity index (χ2v) is 6.36. The van der Waals surface area contributed by atoms with E-state index in [1.165, 1.54) is 11.8 Å². The average molecular weight is 374 g/mol. The van der Waals surface area contributed by atoms with E-state index in [4.69, 9.17) is 9.47 Å². The van der Waals surface area contributed by atoms with Crippen LogP contribution in [0.5, 0.6) is 5.75 Å². The Morgan fingerprint density at radius 2 is 1.77 bits per heavy atom. The highest BCUT2D eigenvalue weighted by Gasteiger charge is 2.13. The van der Waals surface area contributed by atoms with Gasteiger partial charge in [0, 0.05) is 18.6 Å². The Bertz CT molecular complexity index is 735. The number of methoxy groups -OCH3 is 2. The van der Waals surface area contributed by atoms with E-state index in [2.05, 4.69) is 10.6 Å². The first-order chi connectivity index (χ1) is 12.6. The molecule has 0 fully saturated rings. The van der Waals surface area contributed by atoms with E-state index in [-0.39, 0.29) is 17.6 Å². The van der Waals surface area contributed by atoms with E-state index in [1.54, 1.807) is 38.5 Å². The number of hydrogen-bond donors (Lipinski definition) is 2. The molecule has 0 saturated carbocycles. The van der Waals surface area contributed by atoms with Crippen molar-refractivity contribution >= 4 is 29.3 Å². The molecule has 26 heavy (non-hydrogen) atoms. The van der Waals surface area contributed by atoms with E-state index >= 15 is 0 Å². The number of carbonyl (C=O) groups excluding carboxylic acids is 2. The summed E-state index contributed by atoms with van der Waals surface area (Å²) in [5.74, 6) is 0.585. The molecule has 6 nitrogen and oxygen atoms in total. The standard InChI is InChI=1S/C19H22N2O4S/c1-24-12-11-20-19(23)16-5-3-4-6-17(16)21-18(22)13-26-15-9-7-14(25-2)8-10-15/h3-10H,11-13H2,1-2H3,(H,20,23)(H,21,22). The minimum Gasteiger partial charge on any atom is -0.497 e. The van der Waals surface area contributed by atoms with Crippen molar-refractivity contribution in [3.63, 3.8) is 0 Å². The summed E-state index contributed by atoms with van der Waals surface area (Å²) >= 11 is 1.41. The van der Waals surface area contributed by atoms with Gasteiger partial charge < -0.3 is 20.1 Å². The second-order valence-electron chi connectivity index (χ2n) is 5.31. The van der Waals surface area contributed by atoms with Gasteiger partial charge in [-0.3, -0.25) is 9.59 Å². The molecule has 0 aromatic heterocycles. The normalized spacial score (nSPS) is 10.2. The molecule has 7 heteroatoms. The van der Waals surface area contributed by atoms with E-state index in [9.17, 15) is 9.59 Å². The predicted octanol–water partition coefficient (Wildman–Crippen LogP) is 2.80. The zero-order valence-electron chi connectivity index (χ0n) is 14.8. The minimum atomic E-state index is -0.249. The number of rotatable bonds is 9. The van der Waals surface area contributed by atoms with E-state index in [1.807, 2.05) is 24.3 Å². The van der Waals surface area contributed by atoms with Crippen LogP contribution in [0.15, 0.2) is 53.4 Å². The highest BCUT2D eigenvalue weighted by molar-refractivity contribution is 8.00. The summed E-state index contributed by atoms with van der Waals surface area (Å²) in [5.41, 5.74) is 0.911. The lowest BCUT2D eigenvalue weighted by atomic mass is 10.1. The number of para-hydroxylation sites is 1. The first-order valence-electron chi connectivity index (χ1n) is 8.07. The lowest BCUT2D eigenvalue weighted by Gasteiger charge is -2.11. The Balaban J connectivity index is 1.92. The van der Waals surface area contributed by atoms with Crippen molar-refractivity contribution in [2.75, 3.05) is 38.4 Å². The molecule has 0 heterocycles. The monoisotopic (exact) mass is 374 g/mol. The maximum absolute atomic E-state index is 12.2. The Kier molecular flexibility index (Phi) is 7.98. The molecule has 2 aromatic carbocycles. The third-order valence-corrected chi connectivity index (χ3v) is 4.48. The van der Waals surface area contributed by atoms with Crippen molar-refractivity contribution in [1.82, 2.24) is 5.32 Å². The van der Waals surface area contributed by atoms with Crippen LogP contribution in [-0.4, -0.2) is 44.9 Å². The molecule has 0 bridgehead atoms. The zero-order valence-corrected chi connectivity index (χ0v) is 15.6. The molecule has 0 atom stereocenters. The molecule has 0 unspecified atom stereocenters. The van der Waals surface area contributed by atoms with E-state index in [0.717, 1.165) is 10.6 Å². The molecule has 0 radical (unpaired) electrons. The molecule has 0 spiro atoms. The fourth-order valence-corrected chi connectivity index (χ4v) is 2.86. The molecular formula is C19H22N2O4S. The van der Waals surface area contributed by atoms with Crippen molar-refractivity contribution in [2.45, 2.75) is 4.90 Å². The molecule has 2 N–H and O–H groups in total. The lowest BCUT2D eigenvalue weighted by Crippen LogP contribution is -2.28. The number of thioether (sulfide) groups is 1. The molecule has 0 aliphatic carbocycles. The number of nitrogens with one attached hydrogen (secondary N) is 2. The number of hydrogen-bond acceptors (Lipinski definition) is 5. The summed E-state index contributed by atoms with van der Waals surface area (Å²) in [6.07, 6.45) is 0. The summed E-state index contributed by atoms with van der Waals surface area (Å²) in [6, 6.07) is 14.4. The van der Waals surface area contributed by atoms with Gasteiger partial charge in [0.15, 0.2) is 0 Å². The van der Waals surface area contributed by atoms with Gasteiger partial charge in [0.25, 0.3) is 5.91 Å². The molecule has 2 rings (SSSR count). The number of benzene rings is 2. The van der Waals surface area contributed by atoms with Crippen LogP contribution in [0.2, 0.25) is 0 Å². The SMILES string of the molecule is COCCNC(=O)c1ccccc1NC(=O)CSc1ccc(OC)cc1. The van der Waals surface area contributed by atoms with Gasteiger partial charge >= 0.3 is 0 Å². The molecule has 2 aromatic rings. The number of carbonyl (C=O) groups is 2.